The summed E-state index contributed by atoms with van der Waals surface area (Å²) in [6.07, 6.45) is 5.17. The van der Waals surface area contributed by atoms with Gasteiger partial charge in [0.2, 0.25) is 0 Å². The van der Waals surface area contributed by atoms with E-state index in [0.29, 0.717) is 47.8 Å². The number of ether oxygens (including phenoxy) is 5. The Balaban J connectivity index is 1.56. The molecule has 0 saturated heterocycles. The van der Waals surface area contributed by atoms with Crippen molar-refractivity contribution in [3.8, 4) is 11.5 Å². The molecule has 0 saturated carbocycles. The van der Waals surface area contributed by atoms with Gasteiger partial charge in [-0.15, -0.1) is 0 Å². The van der Waals surface area contributed by atoms with E-state index >= 15 is 0 Å². The predicted octanol–water partition coefficient (Wildman–Crippen LogP) is 1.82. The van der Waals surface area contributed by atoms with Crippen molar-refractivity contribution in [1.82, 2.24) is 14.4 Å². The number of benzene rings is 1. The number of fused-ring (bicyclic) bond motifs is 1. The number of methoxy groups -OCH3 is 1. The van der Waals surface area contributed by atoms with Crippen molar-refractivity contribution in [2.24, 2.45) is 5.73 Å². The first kappa shape index (κ1) is 28.0. The summed E-state index contributed by atoms with van der Waals surface area (Å²) in [6.45, 7) is 1.42. The number of primary amides is 1. The molecule has 0 aliphatic heterocycles. The number of carbonyl (C=O) groups excluding carboxylic acids is 1. The minimum Gasteiger partial charge on any atom is -0.497 e. The molecule has 2 aromatic heterocycles. The van der Waals surface area contributed by atoms with Crippen LogP contribution in [0.25, 0.3) is 5.65 Å². The number of thioether (sulfide) groups is 1. The van der Waals surface area contributed by atoms with Crippen LogP contribution in [0.3, 0.4) is 0 Å². The highest BCUT2D eigenvalue weighted by Gasteiger charge is 2.20. The molecule has 0 aliphatic carbocycles. The van der Waals surface area contributed by atoms with Gasteiger partial charge in [0.1, 0.15) is 36.1 Å². The summed E-state index contributed by atoms with van der Waals surface area (Å²) in [5.74, 6) is -0.356. The Morgan fingerprint density at radius 1 is 1.05 bits per heavy atom. The van der Waals surface area contributed by atoms with Gasteiger partial charge in [-0.1, -0.05) is 11.8 Å². The Hall–Kier alpha value is -3.59. The summed E-state index contributed by atoms with van der Waals surface area (Å²) < 4.78 is 28.5. The molecule has 1 aromatic carbocycles. The van der Waals surface area contributed by atoms with E-state index < -0.39 is 11.9 Å². The lowest BCUT2D eigenvalue weighted by atomic mass is 10.2. The second kappa shape index (κ2) is 14.2. The lowest BCUT2D eigenvalue weighted by Gasteiger charge is -2.15. The van der Waals surface area contributed by atoms with Gasteiger partial charge in [-0.05, 0) is 6.26 Å². The Kier molecular flexibility index (Phi) is 10.8. The lowest BCUT2D eigenvalue weighted by molar-refractivity contribution is -0.142. The SMILES string of the molecule is COc1cc(Nc2nc(SC)n3ccnc3c2C(N)=O)cc(OCCOCCOCCOCC(=O)O)c1. The number of nitrogens with two attached hydrogens (primary N) is 1. The van der Waals surface area contributed by atoms with E-state index in [9.17, 15) is 9.59 Å². The Morgan fingerprint density at radius 3 is 2.38 bits per heavy atom. The smallest absolute Gasteiger partial charge is 0.329 e. The first-order valence-electron chi connectivity index (χ1n) is 11.2. The van der Waals surface area contributed by atoms with Gasteiger partial charge in [-0.3, -0.25) is 9.20 Å². The third-order valence-corrected chi connectivity index (χ3v) is 5.44. The summed E-state index contributed by atoms with van der Waals surface area (Å²) in [5, 5.41) is 12.3. The summed E-state index contributed by atoms with van der Waals surface area (Å²) in [5.41, 5.74) is 6.79. The first-order valence-corrected chi connectivity index (χ1v) is 12.4. The van der Waals surface area contributed by atoms with Crippen LogP contribution in [0.2, 0.25) is 0 Å². The molecule has 0 spiro atoms. The number of carboxylic acid groups (broad SMARTS) is 1. The fourth-order valence-corrected chi connectivity index (χ4v) is 3.74. The molecule has 200 valence electrons. The minimum atomic E-state index is -1.02. The van der Waals surface area contributed by atoms with Gasteiger partial charge in [0.25, 0.3) is 5.91 Å². The summed E-state index contributed by atoms with van der Waals surface area (Å²) in [6, 6.07) is 5.20. The van der Waals surface area contributed by atoms with E-state index in [-0.39, 0.29) is 37.8 Å². The molecule has 0 bridgehead atoms. The van der Waals surface area contributed by atoms with Crippen LogP contribution >= 0.6 is 11.8 Å². The van der Waals surface area contributed by atoms with Crippen LogP contribution in [0.4, 0.5) is 11.5 Å². The van der Waals surface area contributed by atoms with Crippen molar-refractivity contribution in [2.75, 3.05) is 64.9 Å². The molecule has 0 fully saturated rings. The standard InChI is InChI=1S/C23H29N5O8S/c1-32-16-11-15(26-21-19(20(24)31)22-25-3-4-28(22)23(27-21)37-2)12-17(13-16)36-10-9-34-6-5-33-7-8-35-14-18(29)30/h3-4,11-13,26H,5-10,14H2,1-2H3,(H2,24,31)(H,29,30). The molecular formula is C23H29N5O8S. The number of imidazole rings is 1. The van der Waals surface area contributed by atoms with Crippen LogP contribution < -0.4 is 20.5 Å². The average molecular weight is 536 g/mol. The molecule has 3 aromatic rings. The zero-order chi connectivity index (χ0) is 26.6. The number of amides is 1. The third kappa shape index (κ3) is 8.21. The van der Waals surface area contributed by atoms with Crippen molar-refractivity contribution < 1.29 is 38.4 Å². The summed E-state index contributed by atoms with van der Waals surface area (Å²) >= 11 is 1.40. The van der Waals surface area contributed by atoms with Crippen LogP contribution in [0.15, 0.2) is 35.7 Å². The van der Waals surface area contributed by atoms with Gasteiger partial charge >= 0.3 is 5.97 Å². The average Bonchev–Trinajstić information content (AvgIpc) is 3.35. The van der Waals surface area contributed by atoms with Gasteiger partial charge < -0.3 is 39.8 Å². The van der Waals surface area contributed by atoms with Crippen LogP contribution in [-0.2, 0) is 19.0 Å². The number of aliphatic carboxylic acids is 1. The maximum absolute atomic E-state index is 12.2. The number of carbonyl (C=O) groups is 2. The van der Waals surface area contributed by atoms with Crippen LogP contribution in [0.1, 0.15) is 10.4 Å². The highest BCUT2D eigenvalue weighted by Crippen LogP contribution is 2.31. The second-order valence-electron chi connectivity index (χ2n) is 7.35. The molecule has 37 heavy (non-hydrogen) atoms. The van der Waals surface area contributed by atoms with Crippen molar-refractivity contribution in [2.45, 2.75) is 5.16 Å². The monoisotopic (exact) mass is 535 g/mol. The number of nitrogens with zero attached hydrogens (tertiary/aromatic N) is 3. The molecule has 14 heteroatoms. The molecule has 3 rings (SSSR count). The normalized spacial score (nSPS) is 11.0. The Morgan fingerprint density at radius 2 is 1.73 bits per heavy atom. The third-order valence-electron chi connectivity index (χ3n) is 4.79. The second-order valence-corrected chi connectivity index (χ2v) is 8.12. The van der Waals surface area contributed by atoms with Crippen molar-refractivity contribution in [3.63, 3.8) is 0 Å². The van der Waals surface area contributed by atoms with Gasteiger partial charge in [-0.25, -0.2) is 14.8 Å². The molecule has 2 heterocycles. The summed E-state index contributed by atoms with van der Waals surface area (Å²) in [7, 11) is 1.54. The van der Waals surface area contributed by atoms with E-state index in [1.54, 1.807) is 35.0 Å². The van der Waals surface area contributed by atoms with Crippen LogP contribution in [0.5, 0.6) is 11.5 Å². The Bertz CT molecular complexity index is 1210. The van der Waals surface area contributed by atoms with E-state index in [1.807, 2.05) is 6.26 Å². The van der Waals surface area contributed by atoms with Gasteiger partial charge in [0, 0.05) is 36.3 Å². The number of rotatable bonds is 17. The van der Waals surface area contributed by atoms with E-state index in [0.717, 1.165) is 0 Å². The van der Waals surface area contributed by atoms with Crippen LogP contribution in [0, 0.1) is 0 Å². The molecular weight excluding hydrogens is 506 g/mol. The summed E-state index contributed by atoms with van der Waals surface area (Å²) in [4.78, 5) is 31.4. The first-order chi connectivity index (χ1) is 17.9. The lowest BCUT2D eigenvalue weighted by Crippen LogP contribution is -2.17. The van der Waals surface area contributed by atoms with E-state index in [2.05, 4.69) is 15.3 Å². The molecule has 0 radical (unpaired) electrons. The predicted molar refractivity (Wildman–Crippen MR) is 135 cm³/mol. The van der Waals surface area contributed by atoms with Gasteiger partial charge in [0.05, 0.1) is 40.1 Å². The van der Waals surface area contributed by atoms with Crippen molar-refractivity contribution >= 4 is 40.8 Å². The molecule has 0 aliphatic rings. The highest BCUT2D eigenvalue weighted by atomic mass is 32.2. The number of hydrogen-bond donors (Lipinski definition) is 3. The fraction of sp³-hybridized carbons (Fsp3) is 0.391. The van der Waals surface area contributed by atoms with Gasteiger partial charge in [-0.2, -0.15) is 0 Å². The molecule has 0 unspecified atom stereocenters. The van der Waals surface area contributed by atoms with E-state index in [1.165, 1.54) is 18.9 Å². The zero-order valence-corrected chi connectivity index (χ0v) is 21.3. The number of carboxylic acids is 1. The highest BCUT2D eigenvalue weighted by molar-refractivity contribution is 7.98. The molecule has 0 atom stereocenters. The molecule has 13 nitrogen and oxygen atoms in total. The van der Waals surface area contributed by atoms with Crippen LogP contribution in [-0.4, -0.2) is 91.0 Å². The number of nitrogens with one attached hydrogen (secondary N) is 1. The quantitative estimate of drug-likeness (QED) is 0.130. The van der Waals surface area contributed by atoms with Gasteiger partial charge in [0.15, 0.2) is 10.8 Å². The largest absolute Gasteiger partial charge is 0.497 e. The zero-order valence-electron chi connectivity index (χ0n) is 20.5. The molecule has 1 amide bonds. The maximum Gasteiger partial charge on any atom is 0.329 e. The Labute approximate surface area is 217 Å². The fourth-order valence-electron chi connectivity index (χ4n) is 3.21. The van der Waals surface area contributed by atoms with Crippen molar-refractivity contribution in [1.29, 1.82) is 0 Å². The van der Waals surface area contributed by atoms with Crippen molar-refractivity contribution in [3.05, 3.63) is 36.2 Å². The topological polar surface area (TPSA) is 169 Å². The molecule has 4 N–H and O–H groups in total. The number of aromatic nitrogens is 3. The van der Waals surface area contributed by atoms with E-state index in [4.69, 9.17) is 34.5 Å². The number of hydrogen-bond acceptors (Lipinski definition) is 11. The number of anilines is 2. The maximum atomic E-state index is 12.2. The minimum absolute atomic E-state index is 0.164.